The first kappa shape index (κ1) is 11.6. The van der Waals surface area contributed by atoms with Crippen LogP contribution in [0.15, 0.2) is 6.33 Å². The molecular weight excluding hydrogens is 200 g/mol. The fraction of sp³-hybridized carbons (Fsp3) is 0.833. The Bertz CT molecular complexity index is 275. The van der Waals surface area contributed by atoms with Crippen LogP contribution in [-0.4, -0.2) is 28.3 Å². The lowest BCUT2D eigenvalue weighted by Crippen LogP contribution is -2.27. The lowest BCUT2D eigenvalue weighted by molar-refractivity contribution is 0.282. The summed E-state index contributed by atoms with van der Waals surface area (Å²) in [7, 11) is 0. The molecule has 0 aromatic carbocycles. The molecule has 0 aliphatic heterocycles. The van der Waals surface area contributed by atoms with Crippen molar-refractivity contribution in [3.05, 3.63) is 12.2 Å². The molecule has 1 saturated carbocycles. The number of nitrogens with one attached hydrogen (secondary N) is 2. The van der Waals surface area contributed by atoms with E-state index in [1.807, 2.05) is 0 Å². The molecule has 1 aromatic rings. The van der Waals surface area contributed by atoms with Crippen LogP contribution in [0.1, 0.15) is 38.4 Å². The average molecular weight is 222 g/mol. The molecule has 16 heavy (non-hydrogen) atoms. The summed E-state index contributed by atoms with van der Waals surface area (Å²) in [5.74, 6) is 2.82. The minimum Gasteiger partial charge on any atom is -0.316 e. The second-order valence-corrected chi connectivity index (χ2v) is 5.01. The molecule has 0 radical (unpaired) electrons. The molecular formula is C12H22N4. The lowest BCUT2D eigenvalue weighted by atomic mass is 9.83. The summed E-state index contributed by atoms with van der Waals surface area (Å²) in [4.78, 5) is 4.10. The maximum Gasteiger partial charge on any atom is 0.137 e. The van der Waals surface area contributed by atoms with Crippen LogP contribution in [0.2, 0.25) is 0 Å². The lowest BCUT2D eigenvalue weighted by Gasteiger charge is -2.26. The second-order valence-electron chi connectivity index (χ2n) is 5.01. The highest BCUT2D eigenvalue weighted by Gasteiger charge is 2.17. The van der Waals surface area contributed by atoms with Crippen molar-refractivity contribution in [2.45, 2.75) is 39.0 Å². The maximum atomic E-state index is 4.10. The fourth-order valence-corrected chi connectivity index (χ4v) is 2.40. The van der Waals surface area contributed by atoms with Crippen molar-refractivity contribution in [2.24, 2.45) is 11.8 Å². The largest absolute Gasteiger partial charge is 0.316 e. The van der Waals surface area contributed by atoms with E-state index in [9.17, 15) is 0 Å². The van der Waals surface area contributed by atoms with Crippen LogP contribution in [0.5, 0.6) is 0 Å². The summed E-state index contributed by atoms with van der Waals surface area (Å²) in [5, 5.41) is 10.2. The standard InChI is InChI=1S/C12H22N4/c1-10-2-4-11(5-3-10)8-13-7-6-12-14-9-15-16-12/h9-11,13H,2-8H2,1H3,(H,14,15,16). The first-order valence-electron chi connectivity index (χ1n) is 6.39. The van der Waals surface area contributed by atoms with Crippen molar-refractivity contribution in [3.63, 3.8) is 0 Å². The number of aromatic nitrogens is 3. The van der Waals surface area contributed by atoms with Crippen molar-refractivity contribution >= 4 is 0 Å². The Hall–Kier alpha value is -0.900. The van der Waals surface area contributed by atoms with E-state index in [2.05, 4.69) is 27.4 Å². The molecule has 0 atom stereocenters. The van der Waals surface area contributed by atoms with Crippen LogP contribution in [0, 0.1) is 11.8 Å². The Morgan fingerprint density at radius 3 is 2.88 bits per heavy atom. The molecule has 1 aliphatic carbocycles. The zero-order valence-corrected chi connectivity index (χ0v) is 10.1. The number of H-pyrrole nitrogens is 1. The highest BCUT2D eigenvalue weighted by molar-refractivity contribution is 4.81. The molecule has 1 fully saturated rings. The van der Waals surface area contributed by atoms with Crippen molar-refractivity contribution < 1.29 is 0 Å². The van der Waals surface area contributed by atoms with Gasteiger partial charge in [-0.3, -0.25) is 5.10 Å². The predicted octanol–water partition coefficient (Wildman–Crippen LogP) is 1.76. The van der Waals surface area contributed by atoms with Gasteiger partial charge in [-0.15, -0.1) is 0 Å². The monoisotopic (exact) mass is 222 g/mol. The van der Waals surface area contributed by atoms with E-state index in [1.54, 1.807) is 6.33 Å². The normalized spacial score (nSPS) is 25.8. The Labute approximate surface area is 97.2 Å². The molecule has 1 aliphatic rings. The topological polar surface area (TPSA) is 53.6 Å². The quantitative estimate of drug-likeness (QED) is 0.746. The molecule has 0 bridgehead atoms. The Kier molecular flexibility index (Phi) is 4.34. The van der Waals surface area contributed by atoms with E-state index in [-0.39, 0.29) is 0 Å². The number of nitrogens with zero attached hydrogens (tertiary/aromatic N) is 2. The number of hydrogen-bond donors (Lipinski definition) is 2. The summed E-state index contributed by atoms with van der Waals surface area (Å²) in [6, 6.07) is 0. The summed E-state index contributed by atoms with van der Waals surface area (Å²) in [5.41, 5.74) is 0. The first-order chi connectivity index (χ1) is 7.84. The average Bonchev–Trinajstić information content (AvgIpc) is 2.80. The molecule has 2 N–H and O–H groups in total. The van der Waals surface area contributed by atoms with Crippen LogP contribution >= 0.6 is 0 Å². The smallest absolute Gasteiger partial charge is 0.137 e. The Balaban J connectivity index is 1.55. The van der Waals surface area contributed by atoms with Gasteiger partial charge in [0.15, 0.2) is 0 Å². The molecule has 0 spiro atoms. The van der Waals surface area contributed by atoms with Gasteiger partial charge in [-0.25, -0.2) is 4.98 Å². The van der Waals surface area contributed by atoms with Gasteiger partial charge >= 0.3 is 0 Å². The van der Waals surface area contributed by atoms with Gasteiger partial charge in [-0.05, 0) is 31.2 Å². The van der Waals surface area contributed by atoms with Crippen LogP contribution in [0.3, 0.4) is 0 Å². The van der Waals surface area contributed by atoms with E-state index >= 15 is 0 Å². The van der Waals surface area contributed by atoms with Gasteiger partial charge in [0.25, 0.3) is 0 Å². The minimum atomic E-state index is 0.894. The molecule has 0 saturated heterocycles. The number of aromatic amines is 1. The third kappa shape index (κ3) is 3.59. The first-order valence-corrected chi connectivity index (χ1v) is 6.39. The highest BCUT2D eigenvalue weighted by Crippen LogP contribution is 2.27. The molecule has 2 rings (SSSR count). The van der Waals surface area contributed by atoms with Gasteiger partial charge in [-0.1, -0.05) is 19.8 Å². The molecule has 4 heteroatoms. The SMILES string of the molecule is CC1CCC(CNCCc2ncn[nH]2)CC1. The highest BCUT2D eigenvalue weighted by atomic mass is 15.2. The minimum absolute atomic E-state index is 0.894. The van der Waals surface area contributed by atoms with Crippen molar-refractivity contribution in [3.8, 4) is 0 Å². The van der Waals surface area contributed by atoms with E-state index in [4.69, 9.17) is 0 Å². The summed E-state index contributed by atoms with van der Waals surface area (Å²) in [6.07, 6.45) is 8.14. The molecule has 90 valence electrons. The van der Waals surface area contributed by atoms with Gasteiger partial charge in [-0.2, -0.15) is 5.10 Å². The third-order valence-corrected chi connectivity index (χ3v) is 3.57. The number of rotatable bonds is 5. The summed E-state index contributed by atoms with van der Waals surface area (Å²) < 4.78 is 0. The van der Waals surface area contributed by atoms with Crippen LogP contribution < -0.4 is 5.32 Å². The van der Waals surface area contributed by atoms with Gasteiger partial charge < -0.3 is 5.32 Å². The molecule has 0 unspecified atom stereocenters. The van der Waals surface area contributed by atoms with Crippen molar-refractivity contribution in [2.75, 3.05) is 13.1 Å². The van der Waals surface area contributed by atoms with Crippen molar-refractivity contribution in [1.82, 2.24) is 20.5 Å². The molecule has 1 aromatic heterocycles. The Morgan fingerprint density at radius 2 is 2.19 bits per heavy atom. The van der Waals surface area contributed by atoms with Gasteiger partial charge in [0, 0.05) is 13.0 Å². The van der Waals surface area contributed by atoms with Crippen molar-refractivity contribution in [1.29, 1.82) is 0 Å². The van der Waals surface area contributed by atoms with Crippen LogP contribution in [-0.2, 0) is 6.42 Å². The predicted molar refractivity (Wildman–Crippen MR) is 64.1 cm³/mol. The van der Waals surface area contributed by atoms with E-state index in [0.29, 0.717) is 0 Å². The maximum absolute atomic E-state index is 4.10. The zero-order valence-electron chi connectivity index (χ0n) is 10.1. The van der Waals surface area contributed by atoms with E-state index in [0.717, 1.165) is 30.6 Å². The molecule has 4 nitrogen and oxygen atoms in total. The number of hydrogen-bond acceptors (Lipinski definition) is 3. The van der Waals surface area contributed by atoms with Crippen LogP contribution in [0.4, 0.5) is 0 Å². The summed E-state index contributed by atoms with van der Waals surface area (Å²) >= 11 is 0. The molecule has 1 heterocycles. The molecule has 0 amide bonds. The Morgan fingerprint density at radius 1 is 1.38 bits per heavy atom. The fourth-order valence-electron chi connectivity index (χ4n) is 2.40. The summed E-state index contributed by atoms with van der Waals surface area (Å²) in [6.45, 7) is 4.54. The van der Waals surface area contributed by atoms with Gasteiger partial charge in [0.05, 0.1) is 0 Å². The third-order valence-electron chi connectivity index (χ3n) is 3.57. The second kappa shape index (κ2) is 5.99. The zero-order chi connectivity index (χ0) is 11.2. The van der Waals surface area contributed by atoms with E-state index < -0.39 is 0 Å². The van der Waals surface area contributed by atoms with Gasteiger partial charge in [0.2, 0.25) is 0 Å². The van der Waals surface area contributed by atoms with Gasteiger partial charge in [0.1, 0.15) is 12.2 Å². The van der Waals surface area contributed by atoms with Crippen LogP contribution in [0.25, 0.3) is 0 Å². The van der Waals surface area contributed by atoms with E-state index in [1.165, 1.54) is 32.2 Å².